The molecule has 0 bridgehead atoms. The molecule has 0 spiro atoms. The first-order valence-electron chi connectivity index (χ1n) is 10.4. The van der Waals surface area contributed by atoms with E-state index in [9.17, 15) is 9.90 Å². The molecule has 31 heavy (non-hydrogen) atoms. The van der Waals surface area contributed by atoms with Crippen LogP contribution in [0.3, 0.4) is 0 Å². The first-order valence-corrected chi connectivity index (χ1v) is 10.4. The lowest BCUT2D eigenvalue weighted by molar-refractivity contribution is 0.123. The second-order valence-corrected chi connectivity index (χ2v) is 8.04. The fraction of sp³-hybridized carbons (Fsp3) is 0.200. The van der Waals surface area contributed by atoms with Gasteiger partial charge in [-0.05, 0) is 40.5 Å². The predicted molar refractivity (Wildman–Crippen MR) is 121 cm³/mol. The number of imidazole rings is 1. The average Bonchev–Trinajstić information content (AvgIpc) is 3.24. The second-order valence-electron chi connectivity index (χ2n) is 8.04. The van der Waals surface area contributed by atoms with Crippen LogP contribution in [0, 0.1) is 0 Å². The van der Waals surface area contributed by atoms with Crippen molar-refractivity contribution in [3.8, 4) is 0 Å². The standard InChI is InChI=1S/C25H24N4O2/c30-25(31)29-14-21-11-19-8-4-5-9-20(19)12-24(21)28(15-22-13-26-17-27-22)16-23(29)10-18-6-2-1-3-7-18/h1-9,11-13,17,23H,10,14-16H2,(H,26,27)(H,30,31). The number of aromatic amines is 1. The van der Waals surface area contributed by atoms with Gasteiger partial charge in [-0.15, -0.1) is 0 Å². The molecule has 1 amide bonds. The number of carboxylic acid groups (broad SMARTS) is 1. The van der Waals surface area contributed by atoms with E-state index in [0.29, 0.717) is 26.1 Å². The molecular formula is C25H24N4O2. The number of fused-ring (bicyclic) bond motifs is 2. The SMILES string of the molecule is O=C(O)N1Cc2cc3ccccc3cc2N(Cc2cnc[nH]2)CC1Cc1ccccc1. The van der Waals surface area contributed by atoms with E-state index in [2.05, 4.69) is 51.3 Å². The van der Waals surface area contributed by atoms with Gasteiger partial charge in [0.1, 0.15) is 0 Å². The van der Waals surface area contributed by atoms with Crippen LogP contribution in [0.25, 0.3) is 10.8 Å². The minimum absolute atomic E-state index is 0.168. The summed E-state index contributed by atoms with van der Waals surface area (Å²) in [6.07, 6.45) is 3.29. The van der Waals surface area contributed by atoms with E-state index in [0.717, 1.165) is 33.3 Å². The summed E-state index contributed by atoms with van der Waals surface area (Å²) in [6.45, 7) is 1.61. The van der Waals surface area contributed by atoms with Crippen molar-refractivity contribution in [2.45, 2.75) is 25.6 Å². The summed E-state index contributed by atoms with van der Waals surface area (Å²) in [7, 11) is 0. The van der Waals surface area contributed by atoms with Crippen molar-refractivity contribution in [3.63, 3.8) is 0 Å². The number of carbonyl (C=O) groups is 1. The van der Waals surface area contributed by atoms with Crippen LogP contribution in [0.4, 0.5) is 10.5 Å². The molecular weight excluding hydrogens is 388 g/mol. The Morgan fingerprint density at radius 1 is 1.06 bits per heavy atom. The van der Waals surface area contributed by atoms with Gasteiger partial charge in [0.2, 0.25) is 0 Å². The van der Waals surface area contributed by atoms with Gasteiger partial charge in [-0.3, -0.25) is 4.90 Å². The van der Waals surface area contributed by atoms with Crippen molar-refractivity contribution >= 4 is 22.6 Å². The normalized spacial score (nSPS) is 16.2. The number of hydrogen-bond acceptors (Lipinski definition) is 3. The molecule has 6 nitrogen and oxygen atoms in total. The zero-order chi connectivity index (χ0) is 21.2. The predicted octanol–water partition coefficient (Wildman–Crippen LogP) is 4.67. The largest absolute Gasteiger partial charge is 0.465 e. The summed E-state index contributed by atoms with van der Waals surface area (Å²) < 4.78 is 0. The summed E-state index contributed by atoms with van der Waals surface area (Å²) in [5.74, 6) is 0. The van der Waals surface area contributed by atoms with Crippen LogP contribution < -0.4 is 4.90 Å². The minimum atomic E-state index is -0.886. The van der Waals surface area contributed by atoms with Gasteiger partial charge >= 0.3 is 6.09 Å². The highest BCUT2D eigenvalue weighted by Crippen LogP contribution is 2.33. The summed E-state index contributed by atoms with van der Waals surface area (Å²) in [6, 6.07) is 22.5. The molecule has 0 aliphatic carbocycles. The van der Waals surface area contributed by atoms with Crippen LogP contribution >= 0.6 is 0 Å². The number of benzene rings is 3. The molecule has 1 atom stereocenters. The van der Waals surface area contributed by atoms with Gasteiger partial charge in [0.15, 0.2) is 0 Å². The second kappa shape index (κ2) is 8.14. The van der Waals surface area contributed by atoms with Gasteiger partial charge in [-0.25, -0.2) is 9.78 Å². The van der Waals surface area contributed by atoms with E-state index >= 15 is 0 Å². The zero-order valence-corrected chi connectivity index (χ0v) is 17.1. The third kappa shape index (κ3) is 3.97. The topological polar surface area (TPSA) is 72.5 Å². The quantitative estimate of drug-likeness (QED) is 0.511. The monoisotopic (exact) mass is 412 g/mol. The van der Waals surface area contributed by atoms with Gasteiger partial charge < -0.3 is 15.0 Å². The maximum Gasteiger partial charge on any atom is 0.407 e. The smallest absolute Gasteiger partial charge is 0.407 e. The van der Waals surface area contributed by atoms with Crippen LogP contribution in [0.5, 0.6) is 0 Å². The molecule has 1 aliphatic rings. The molecule has 4 aromatic rings. The molecule has 156 valence electrons. The van der Waals surface area contributed by atoms with Crippen LogP contribution in [0.15, 0.2) is 79.3 Å². The molecule has 2 heterocycles. The Morgan fingerprint density at radius 2 is 1.81 bits per heavy atom. The van der Waals surface area contributed by atoms with E-state index in [1.807, 2.05) is 36.5 Å². The molecule has 0 saturated carbocycles. The fourth-order valence-corrected chi connectivity index (χ4v) is 4.47. The molecule has 2 N–H and O–H groups in total. The highest BCUT2D eigenvalue weighted by molar-refractivity contribution is 5.88. The van der Waals surface area contributed by atoms with Crippen LogP contribution in [0.1, 0.15) is 16.8 Å². The molecule has 0 saturated heterocycles. The average molecular weight is 412 g/mol. The molecule has 1 unspecified atom stereocenters. The number of nitrogens with zero attached hydrogens (tertiary/aromatic N) is 3. The van der Waals surface area contributed by atoms with Crippen molar-refractivity contribution in [3.05, 3.63) is 96.1 Å². The molecule has 3 aromatic carbocycles. The van der Waals surface area contributed by atoms with Crippen molar-refractivity contribution in [1.82, 2.24) is 14.9 Å². The van der Waals surface area contributed by atoms with Gasteiger partial charge in [0.25, 0.3) is 0 Å². The third-order valence-electron chi connectivity index (χ3n) is 5.98. The Balaban J connectivity index is 1.59. The third-order valence-corrected chi connectivity index (χ3v) is 5.98. The van der Waals surface area contributed by atoms with Crippen LogP contribution in [-0.4, -0.2) is 38.7 Å². The molecule has 1 aromatic heterocycles. The Labute approximate surface area is 180 Å². The molecule has 5 rings (SSSR count). The van der Waals surface area contributed by atoms with Crippen molar-refractivity contribution in [1.29, 1.82) is 0 Å². The highest BCUT2D eigenvalue weighted by Gasteiger charge is 2.31. The van der Waals surface area contributed by atoms with Crippen molar-refractivity contribution in [2.24, 2.45) is 0 Å². The lowest BCUT2D eigenvalue weighted by Crippen LogP contribution is -2.45. The molecule has 0 fully saturated rings. The maximum absolute atomic E-state index is 12.3. The Morgan fingerprint density at radius 3 is 2.52 bits per heavy atom. The van der Waals surface area contributed by atoms with Crippen molar-refractivity contribution in [2.75, 3.05) is 11.4 Å². The van der Waals surface area contributed by atoms with Crippen LogP contribution in [-0.2, 0) is 19.5 Å². The minimum Gasteiger partial charge on any atom is -0.465 e. The van der Waals surface area contributed by atoms with Crippen LogP contribution in [0.2, 0.25) is 0 Å². The molecule has 6 heteroatoms. The first kappa shape index (κ1) is 19.2. The Kier molecular flexibility index (Phi) is 5.04. The summed E-state index contributed by atoms with van der Waals surface area (Å²) in [4.78, 5) is 23.5. The number of amides is 1. The fourth-order valence-electron chi connectivity index (χ4n) is 4.47. The van der Waals surface area contributed by atoms with E-state index in [1.165, 1.54) is 0 Å². The van der Waals surface area contributed by atoms with E-state index in [4.69, 9.17) is 0 Å². The van der Waals surface area contributed by atoms with E-state index in [1.54, 1.807) is 11.2 Å². The van der Waals surface area contributed by atoms with Gasteiger partial charge in [-0.1, -0.05) is 54.6 Å². The number of rotatable bonds is 4. The summed E-state index contributed by atoms with van der Waals surface area (Å²) in [5, 5.41) is 12.4. The number of nitrogens with one attached hydrogen (secondary N) is 1. The molecule has 1 aliphatic heterocycles. The van der Waals surface area contributed by atoms with Gasteiger partial charge in [0.05, 0.1) is 31.2 Å². The van der Waals surface area contributed by atoms with E-state index in [-0.39, 0.29) is 6.04 Å². The lowest BCUT2D eigenvalue weighted by atomic mass is 10.0. The highest BCUT2D eigenvalue weighted by atomic mass is 16.4. The van der Waals surface area contributed by atoms with Gasteiger partial charge in [-0.2, -0.15) is 0 Å². The first-order chi connectivity index (χ1) is 15.2. The van der Waals surface area contributed by atoms with E-state index < -0.39 is 6.09 Å². The molecule has 0 radical (unpaired) electrons. The lowest BCUT2D eigenvalue weighted by Gasteiger charge is -2.31. The summed E-state index contributed by atoms with van der Waals surface area (Å²) in [5.41, 5.74) is 4.24. The number of H-pyrrole nitrogens is 1. The number of aromatic nitrogens is 2. The maximum atomic E-state index is 12.3. The summed E-state index contributed by atoms with van der Waals surface area (Å²) >= 11 is 0. The number of hydrogen-bond donors (Lipinski definition) is 2. The Hall–Kier alpha value is -3.80. The Bertz CT molecular complexity index is 1190. The zero-order valence-electron chi connectivity index (χ0n) is 17.1. The van der Waals surface area contributed by atoms with Gasteiger partial charge in [0, 0.05) is 18.4 Å². The van der Waals surface area contributed by atoms with Crippen molar-refractivity contribution < 1.29 is 9.90 Å². The number of anilines is 1.